The topological polar surface area (TPSA) is 27.1 Å². The molecule has 15 heavy (non-hydrogen) atoms. The van der Waals surface area contributed by atoms with Gasteiger partial charge in [0, 0.05) is 12.8 Å². The molecule has 0 aromatic carbocycles. The summed E-state index contributed by atoms with van der Waals surface area (Å²) in [5, 5.41) is 4.23. The van der Waals surface area contributed by atoms with E-state index < -0.39 is 0 Å². The van der Waals surface area contributed by atoms with Crippen molar-refractivity contribution in [3.63, 3.8) is 0 Å². The van der Waals surface area contributed by atoms with Crippen molar-refractivity contribution >= 4 is 0 Å². The van der Waals surface area contributed by atoms with Crippen molar-refractivity contribution in [1.82, 2.24) is 9.78 Å². The minimum Gasteiger partial charge on any atom is -0.379 e. The van der Waals surface area contributed by atoms with Gasteiger partial charge in [-0.05, 0) is 18.9 Å². The van der Waals surface area contributed by atoms with E-state index >= 15 is 0 Å². The lowest BCUT2D eigenvalue weighted by atomic mass is 10.3. The highest BCUT2D eigenvalue weighted by Gasteiger charge is 2.17. The number of hydrogen-bond acceptors (Lipinski definition) is 2. The third kappa shape index (κ3) is 4.47. The summed E-state index contributed by atoms with van der Waals surface area (Å²) < 4.78 is 7.26. The summed E-state index contributed by atoms with van der Waals surface area (Å²) in [6.07, 6.45) is 5.05. The lowest BCUT2D eigenvalue weighted by Gasteiger charge is -2.06. The fourth-order valence-electron chi connectivity index (χ4n) is 1.36. The van der Waals surface area contributed by atoms with Crippen LogP contribution >= 0.6 is 0 Å². The SMILES string of the molecule is CC.CC.Cc1cnn(C2CCOC2)c1. The van der Waals surface area contributed by atoms with Gasteiger partial charge in [-0.25, -0.2) is 0 Å². The Balaban J connectivity index is 0.000000442. The predicted molar refractivity (Wildman–Crippen MR) is 64.1 cm³/mol. The van der Waals surface area contributed by atoms with E-state index in [0.29, 0.717) is 6.04 Å². The molecule has 1 aromatic rings. The van der Waals surface area contributed by atoms with Gasteiger partial charge in [-0.1, -0.05) is 27.7 Å². The molecule has 1 aromatic heterocycles. The van der Waals surface area contributed by atoms with E-state index in [1.54, 1.807) is 0 Å². The van der Waals surface area contributed by atoms with Crippen LogP contribution in [0.2, 0.25) is 0 Å². The second-order valence-corrected chi connectivity index (χ2v) is 3.02. The van der Waals surface area contributed by atoms with Gasteiger partial charge in [0.25, 0.3) is 0 Å². The molecule has 0 bridgehead atoms. The molecule has 1 fully saturated rings. The summed E-state index contributed by atoms with van der Waals surface area (Å²) in [5.74, 6) is 0. The van der Waals surface area contributed by atoms with Crippen molar-refractivity contribution in [3.05, 3.63) is 18.0 Å². The van der Waals surface area contributed by atoms with Crippen molar-refractivity contribution in [1.29, 1.82) is 0 Å². The molecule has 3 nitrogen and oxygen atoms in total. The van der Waals surface area contributed by atoms with Gasteiger partial charge in [0.2, 0.25) is 0 Å². The molecular formula is C12H24N2O. The smallest absolute Gasteiger partial charge is 0.0774 e. The number of nitrogens with zero attached hydrogens (tertiary/aromatic N) is 2. The average Bonchev–Trinajstić information content (AvgIpc) is 2.94. The minimum atomic E-state index is 0.476. The van der Waals surface area contributed by atoms with Gasteiger partial charge in [-0.3, -0.25) is 4.68 Å². The van der Waals surface area contributed by atoms with Crippen LogP contribution in [0.15, 0.2) is 12.4 Å². The lowest BCUT2D eigenvalue weighted by molar-refractivity contribution is 0.184. The molecule has 0 saturated carbocycles. The van der Waals surface area contributed by atoms with Crippen molar-refractivity contribution in [3.8, 4) is 0 Å². The van der Waals surface area contributed by atoms with E-state index in [-0.39, 0.29) is 0 Å². The van der Waals surface area contributed by atoms with Crippen LogP contribution < -0.4 is 0 Å². The van der Waals surface area contributed by atoms with E-state index in [1.807, 2.05) is 38.6 Å². The molecular weight excluding hydrogens is 188 g/mol. The molecule has 0 spiro atoms. The summed E-state index contributed by atoms with van der Waals surface area (Å²) in [6, 6.07) is 0.476. The second kappa shape index (κ2) is 8.48. The highest BCUT2D eigenvalue weighted by molar-refractivity contribution is 5.00. The molecule has 1 saturated heterocycles. The van der Waals surface area contributed by atoms with E-state index in [9.17, 15) is 0 Å². The van der Waals surface area contributed by atoms with Gasteiger partial charge in [0.1, 0.15) is 0 Å². The molecule has 2 heterocycles. The van der Waals surface area contributed by atoms with Crippen molar-refractivity contribution in [2.24, 2.45) is 0 Å². The molecule has 2 rings (SSSR count). The Kier molecular flexibility index (Phi) is 8.01. The quantitative estimate of drug-likeness (QED) is 0.714. The highest BCUT2D eigenvalue weighted by atomic mass is 16.5. The Hall–Kier alpha value is -0.830. The molecule has 0 amide bonds. The highest BCUT2D eigenvalue weighted by Crippen LogP contribution is 2.17. The first-order chi connectivity index (χ1) is 7.36. The summed E-state index contributed by atoms with van der Waals surface area (Å²) in [5.41, 5.74) is 1.22. The van der Waals surface area contributed by atoms with Crippen LogP contribution in [0.3, 0.4) is 0 Å². The molecule has 3 heteroatoms. The summed E-state index contributed by atoms with van der Waals surface area (Å²) >= 11 is 0. The van der Waals surface area contributed by atoms with Crippen molar-refractivity contribution in [2.75, 3.05) is 13.2 Å². The van der Waals surface area contributed by atoms with Gasteiger partial charge >= 0.3 is 0 Å². The van der Waals surface area contributed by atoms with E-state index in [1.165, 1.54) is 5.56 Å². The fraction of sp³-hybridized carbons (Fsp3) is 0.750. The zero-order valence-corrected chi connectivity index (χ0v) is 10.7. The summed E-state index contributed by atoms with van der Waals surface area (Å²) in [7, 11) is 0. The third-order valence-corrected chi connectivity index (χ3v) is 2.01. The number of rotatable bonds is 1. The molecule has 0 aliphatic carbocycles. The minimum absolute atomic E-state index is 0.476. The lowest BCUT2D eigenvalue weighted by Crippen LogP contribution is -2.08. The van der Waals surface area contributed by atoms with E-state index in [4.69, 9.17) is 4.74 Å². The van der Waals surface area contributed by atoms with Crippen LogP contribution in [0.1, 0.15) is 45.7 Å². The van der Waals surface area contributed by atoms with E-state index in [0.717, 1.165) is 19.6 Å². The first-order valence-electron chi connectivity index (χ1n) is 5.95. The number of ether oxygens (including phenoxy) is 1. The molecule has 0 radical (unpaired) electrons. The van der Waals surface area contributed by atoms with Crippen LogP contribution in [0.4, 0.5) is 0 Å². The van der Waals surface area contributed by atoms with Gasteiger partial charge in [-0.15, -0.1) is 0 Å². The molecule has 1 aliphatic heterocycles. The number of hydrogen-bond donors (Lipinski definition) is 0. The standard InChI is InChI=1S/C8H12N2O.2C2H6/c1-7-4-9-10(5-7)8-2-3-11-6-8;2*1-2/h4-5,8H,2-3,6H2,1H3;2*1-2H3. The van der Waals surface area contributed by atoms with Gasteiger partial charge in [-0.2, -0.15) is 5.10 Å². The van der Waals surface area contributed by atoms with Gasteiger partial charge < -0.3 is 4.74 Å². The average molecular weight is 212 g/mol. The zero-order valence-electron chi connectivity index (χ0n) is 10.7. The Labute approximate surface area is 93.4 Å². The summed E-state index contributed by atoms with van der Waals surface area (Å²) in [4.78, 5) is 0. The fourth-order valence-corrected chi connectivity index (χ4v) is 1.36. The van der Waals surface area contributed by atoms with Crippen LogP contribution in [0, 0.1) is 6.92 Å². The Morgan fingerprint density at radius 2 is 2.00 bits per heavy atom. The van der Waals surface area contributed by atoms with E-state index in [2.05, 4.69) is 18.2 Å². The Morgan fingerprint density at radius 1 is 1.33 bits per heavy atom. The second-order valence-electron chi connectivity index (χ2n) is 3.02. The first-order valence-corrected chi connectivity index (χ1v) is 5.95. The summed E-state index contributed by atoms with van der Waals surface area (Å²) in [6.45, 7) is 11.8. The zero-order chi connectivity index (χ0) is 11.7. The third-order valence-electron chi connectivity index (χ3n) is 2.01. The maximum absolute atomic E-state index is 5.26. The normalized spacial score (nSPS) is 18.6. The van der Waals surface area contributed by atoms with Crippen LogP contribution in [-0.4, -0.2) is 23.0 Å². The maximum Gasteiger partial charge on any atom is 0.0774 e. The predicted octanol–water partition coefficient (Wildman–Crippen LogP) is 3.21. The molecule has 0 N–H and O–H groups in total. The largest absolute Gasteiger partial charge is 0.379 e. The van der Waals surface area contributed by atoms with Crippen molar-refractivity contribution in [2.45, 2.75) is 47.1 Å². The first kappa shape index (κ1) is 14.2. The van der Waals surface area contributed by atoms with Crippen LogP contribution in [-0.2, 0) is 4.74 Å². The van der Waals surface area contributed by atoms with Crippen LogP contribution in [0.5, 0.6) is 0 Å². The van der Waals surface area contributed by atoms with Gasteiger partial charge in [0.15, 0.2) is 0 Å². The molecule has 1 atom stereocenters. The van der Waals surface area contributed by atoms with Crippen molar-refractivity contribution < 1.29 is 4.74 Å². The Bertz CT molecular complexity index is 240. The molecule has 1 aliphatic rings. The molecule has 1 unspecified atom stereocenters. The monoisotopic (exact) mass is 212 g/mol. The Morgan fingerprint density at radius 3 is 2.40 bits per heavy atom. The number of aryl methyl sites for hydroxylation is 1. The number of aromatic nitrogens is 2. The maximum atomic E-state index is 5.26. The molecule has 88 valence electrons. The van der Waals surface area contributed by atoms with Gasteiger partial charge in [0.05, 0.1) is 18.8 Å². The van der Waals surface area contributed by atoms with Crippen LogP contribution in [0.25, 0.3) is 0 Å².